The van der Waals surface area contributed by atoms with E-state index < -0.39 is 11.6 Å². The van der Waals surface area contributed by atoms with Crippen LogP contribution in [0.25, 0.3) is 0 Å². The molecule has 1 aliphatic rings. The Morgan fingerprint density at radius 1 is 1.37 bits per heavy atom. The molecule has 0 radical (unpaired) electrons. The van der Waals surface area contributed by atoms with Gasteiger partial charge in [0, 0.05) is 30.9 Å². The normalized spacial score (nSPS) is 22.4. The Morgan fingerprint density at radius 3 is 2.78 bits per heavy atom. The first-order chi connectivity index (χ1) is 12.9. The zero-order valence-corrected chi connectivity index (χ0v) is 15.7. The summed E-state index contributed by atoms with van der Waals surface area (Å²) in [6.45, 7) is 4.97. The number of amides is 1. The van der Waals surface area contributed by atoms with Crippen LogP contribution in [0, 0.1) is 13.8 Å². The van der Waals surface area contributed by atoms with Gasteiger partial charge in [-0.1, -0.05) is 30.3 Å². The van der Waals surface area contributed by atoms with Gasteiger partial charge in [-0.05, 0) is 38.4 Å². The van der Waals surface area contributed by atoms with Crippen LogP contribution in [0.4, 0.5) is 0 Å². The van der Waals surface area contributed by atoms with Gasteiger partial charge in [0.15, 0.2) is 0 Å². The minimum absolute atomic E-state index is 0.139. The monoisotopic (exact) mass is 370 g/mol. The van der Waals surface area contributed by atoms with E-state index in [1.165, 1.54) is 4.57 Å². The summed E-state index contributed by atoms with van der Waals surface area (Å²) in [5, 5.41) is 16.9. The number of hydrogen-bond acceptors (Lipinski definition) is 5. The van der Waals surface area contributed by atoms with Crippen molar-refractivity contribution in [2.75, 3.05) is 13.1 Å². The molecule has 1 saturated heterocycles. The lowest BCUT2D eigenvalue weighted by atomic mass is 9.79. The highest BCUT2D eigenvalue weighted by Gasteiger charge is 2.42. The summed E-state index contributed by atoms with van der Waals surface area (Å²) in [6, 6.07) is 11.4. The van der Waals surface area contributed by atoms with Crippen LogP contribution in [0.3, 0.4) is 0 Å². The van der Waals surface area contributed by atoms with E-state index in [0.29, 0.717) is 25.2 Å². The highest BCUT2D eigenvalue weighted by atomic mass is 16.3. The van der Waals surface area contributed by atoms with Crippen LogP contribution < -0.4 is 16.3 Å². The van der Waals surface area contributed by atoms with E-state index in [1.807, 2.05) is 43.3 Å². The van der Waals surface area contributed by atoms with Gasteiger partial charge in [-0.2, -0.15) is 4.98 Å². The van der Waals surface area contributed by atoms with Gasteiger partial charge >= 0.3 is 5.69 Å². The van der Waals surface area contributed by atoms with Crippen LogP contribution in [-0.2, 0) is 16.9 Å². The molecule has 0 aliphatic carbocycles. The second kappa shape index (κ2) is 8.02. The first-order valence-electron chi connectivity index (χ1n) is 9.23. The van der Waals surface area contributed by atoms with Crippen molar-refractivity contribution in [3.05, 3.63) is 63.8 Å². The minimum Gasteiger partial charge on any atom is -0.389 e. The first-order valence-corrected chi connectivity index (χ1v) is 9.23. The van der Waals surface area contributed by atoms with E-state index in [2.05, 4.69) is 15.6 Å². The van der Waals surface area contributed by atoms with Crippen LogP contribution in [0.2, 0.25) is 0 Å². The van der Waals surface area contributed by atoms with Crippen molar-refractivity contribution in [3.63, 3.8) is 0 Å². The number of nitrogens with one attached hydrogen (secondary N) is 2. The number of piperidine rings is 1. The lowest BCUT2D eigenvalue weighted by Crippen LogP contribution is -2.61. The SMILES string of the molecule is Cc1cc(C)n(CCC(=O)N[C@]2(c3ccccc3)CCNC[C@H]2O)c(=O)n1. The van der Waals surface area contributed by atoms with Crippen molar-refractivity contribution in [2.24, 2.45) is 0 Å². The van der Waals surface area contributed by atoms with Crippen LogP contribution in [0.15, 0.2) is 41.2 Å². The van der Waals surface area contributed by atoms with Gasteiger partial charge < -0.3 is 15.7 Å². The Kier molecular flexibility index (Phi) is 5.72. The predicted octanol–water partition coefficient (Wildman–Crippen LogP) is 0.616. The van der Waals surface area contributed by atoms with Crippen LogP contribution in [0.5, 0.6) is 0 Å². The van der Waals surface area contributed by atoms with Gasteiger partial charge in [-0.25, -0.2) is 4.79 Å². The summed E-state index contributed by atoms with van der Waals surface area (Å²) in [5.41, 5.74) is 1.16. The molecular weight excluding hydrogens is 344 g/mol. The predicted molar refractivity (Wildman–Crippen MR) is 102 cm³/mol. The molecule has 3 N–H and O–H groups in total. The highest BCUT2D eigenvalue weighted by Crippen LogP contribution is 2.31. The zero-order chi connectivity index (χ0) is 19.4. The first kappa shape index (κ1) is 19.3. The summed E-state index contributed by atoms with van der Waals surface area (Å²) in [6.07, 6.45) is -0.00189. The summed E-state index contributed by atoms with van der Waals surface area (Å²) in [4.78, 5) is 28.7. The number of β-amino-alcohol motifs (C(OH)–C–C–N with tert-alkyl or cyclic N) is 1. The molecule has 1 aliphatic heterocycles. The third kappa shape index (κ3) is 4.09. The Bertz CT molecular complexity index is 865. The maximum atomic E-state index is 12.7. The molecule has 0 unspecified atom stereocenters. The average Bonchev–Trinajstić information content (AvgIpc) is 2.63. The molecule has 144 valence electrons. The summed E-state index contributed by atoms with van der Waals surface area (Å²) >= 11 is 0. The Labute approximate surface area is 158 Å². The van der Waals surface area contributed by atoms with E-state index in [1.54, 1.807) is 6.92 Å². The highest BCUT2D eigenvalue weighted by molar-refractivity contribution is 5.77. The molecule has 2 heterocycles. The third-order valence-electron chi connectivity index (χ3n) is 5.16. The van der Waals surface area contributed by atoms with Gasteiger partial charge in [0.05, 0.1) is 11.6 Å². The number of carbonyl (C=O) groups is 1. The number of aliphatic hydroxyl groups is 1. The number of rotatable bonds is 5. The van der Waals surface area contributed by atoms with Gasteiger partial charge in [0.25, 0.3) is 0 Å². The molecule has 0 saturated carbocycles. The Morgan fingerprint density at radius 2 is 2.11 bits per heavy atom. The number of hydrogen-bond donors (Lipinski definition) is 3. The molecule has 1 fully saturated rings. The van der Waals surface area contributed by atoms with E-state index in [0.717, 1.165) is 11.3 Å². The third-order valence-corrected chi connectivity index (χ3v) is 5.16. The number of carbonyl (C=O) groups excluding carboxylic acids is 1. The van der Waals surface area contributed by atoms with Crippen molar-refractivity contribution in [2.45, 2.75) is 44.9 Å². The molecule has 1 aromatic carbocycles. The second-order valence-electron chi connectivity index (χ2n) is 7.08. The van der Waals surface area contributed by atoms with Crippen molar-refractivity contribution >= 4 is 5.91 Å². The van der Waals surface area contributed by atoms with Crippen LogP contribution in [-0.4, -0.2) is 39.8 Å². The van der Waals surface area contributed by atoms with E-state index >= 15 is 0 Å². The number of benzene rings is 1. The van der Waals surface area contributed by atoms with Crippen molar-refractivity contribution in [1.82, 2.24) is 20.2 Å². The fourth-order valence-electron chi connectivity index (χ4n) is 3.73. The van der Waals surface area contributed by atoms with Crippen molar-refractivity contribution < 1.29 is 9.90 Å². The largest absolute Gasteiger partial charge is 0.389 e. The van der Waals surface area contributed by atoms with E-state index in [4.69, 9.17) is 0 Å². The maximum Gasteiger partial charge on any atom is 0.347 e. The quantitative estimate of drug-likeness (QED) is 0.717. The molecule has 7 nitrogen and oxygen atoms in total. The Balaban J connectivity index is 1.77. The summed E-state index contributed by atoms with van der Waals surface area (Å²) in [5.74, 6) is -0.202. The molecule has 0 bridgehead atoms. The molecule has 2 aromatic rings. The van der Waals surface area contributed by atoms with Gasteiger partial charge in [-0.3, -0.25) is 9.36 Å². The average molecular weight is 370 g/mol. The lowest BCUT2D eigenvalue weighted by Gasteiger charge is -2.43. The van der Waals surface area contributed by atoms with Gasteiger partial charge in [0.1, 0.15) is 0 Å². The van der Waals surface area contributed by atoms with Gasteiger partial charge in [0.2, 0.25) is 5.91 Å². The lowest BCUT2D eigenvalue weighted by molar-refractivity contribution is -0.126. The molecule has 1 aromatic heterocycles. The standard InChI is InChI=1S/C20H26N4O3/c1-14-12-15(2)24(19(27)22-14)11-8-18(26)23-20(9-10-21-13-17(20)25)16-6-4-3-5-7-16/h3-7,12,17,21,25H,8-11,13H2,1-2H3,(H,23,26)/t17-,20+/m1/s1. The number of aliphatic hydroxyl groups excluding tert-OH is 1. The number of nitrogens with zero attached hydrogens (tertiary/aromatic N) is 2. The maximum absolute atomic E-state index is 12.7. The van der Waals surface area contributed by atoms with Gasteiger partial charge in [-0.15, -0.1) is 0 Å². The molecule has 7 heteroatoms. The molecule has 27 heavy (non-hydrogen) atoms. The molecular formula is C20H26N4O3. The van der Waals surface area contributed by atoms with E-state index in [9.17, 15) is 14.7 Å². The zero-order valence-electron chi connectivity index (χ0n) is 15.7. The molecule has 1 amide bonds. The van der Waals surface area contributed by atoms with E-state index in [-0.39, 0.29) is 24.6 Å². The van der Waals surface area contributed by atoms with Crippen LogP contribution in [0.1, 0.15) is 29.8 Å². The second-order valence-corrected chi connectivity index (χ2v) is 7.08. The number of aryl methyl sites for hydroxylation is 2. The van der Waals surface area contributed by atoms with Crippen molar-refractivity contribution in [3.8, 4) is 0 Å². The summed E-state index contributed by atoms with van der Waals surface area (Å²) in [7, 11) is 0. The fraction of sp³-hybridized carbons (Fsp3) is 0.450. The Hall–Kier alpha value is -2.51. The minimum atomic E-state index is -0.824. The summed E-state index contributed by atoms with van der Waals surface area (Å²) < 4.78 is 1.50. The molecule has 3 rings (SSSR count). The van der Waals surface area contributed by atoms with Crippen LogP contribution >= 0.6 is 0 Å². The molecule has 0 spiro atoms. The topological polar surface area (TPSA) is 96.3 Å². The van der Waals surface area contributed by atoms with Crippen molar-refractivity contribution in [1.29, 1.82) is 0 Å². The molecule has 2 atom stereocenters. The fourth-order valence-corrected chi connectivity index (χ4v) is 3.73. The number of aromatic nitrogens is 2. The smallest absolute Gasteiger partial charge is 0.347 e.